The summed E-state index contributed by atoms with van der Waals surface area (Å²) in [4.78, 5) is 28.4. The average Bonchev–Trinajstić information content (AvgIpc) is 3.67. The van der Waals surface area contributed by atoms with Crippen molar-refractivity contribution in [3.63, 3.8) is 0 Å². The van der Waals surface area contributed by atoms with Crippen molar-refractivity contribution in [3.05, 3.63) is 219 Å². The molecule has 4 aromatic rings. The molecule has 2 N–H and O–H groups in total. The smallest absolute Gasteiger partial charge is 0.335 e. The van der Waals surface area contributed by atoms with Crippen molar-refractivity contribution in [1.29, 1.82) is 26.3 Å². The highest BCUT2D eigenvalue weighted by atomic mass is 16.4. The van der Waals surface area contributed by atoms with Crippen molar-refractivity contribution in [1.82, 2.24) is 0 Å². The minimum Gasteiger partial charge on any atom is -0.478 e. The first-order valence-electron chi connectivity index (χ1n) is 18.0. The lowest BCUT2D eigenvalue weighted by atomic mass is 9.89. The van der Waals surface area contributed by atoms with Crippen LogP contribution in [0.25, 0.3) is 16.0 Å². The van der Waals surface area contributed by atoms with Crippen LogP contribution in [-0.4, -0.2) is 22.2 Å². The van der Waals surface area contributed by atoms with E-state index in [1.807, 2.05) is 91.0 Å². The summed E-state index contributed by atoms with van der Waals surface area (Å²) in [6, 6.07) is 40.1. The van der Waals surface area contributed by atoms with Crippen LogP contribution in [0, 0.1) is 69.1 Å². The van der Waals surface area contributed by atoms with E-state index >= 15 is 0 Å². The van der Waals surface area contributed by atoms with E-state index in [0.29, 0.717) is 24.0 Å². The fourth-order valence-corrected chi connectivity index (χ4v) is 6.45. The normalized spacial score (nSPS) is 13.8. The lowest BCUT2D eigenvalue weighted by Crippen LogP contribution is -2.17. The Balaban J connectivity index is 1.68. The molecule has 0 aromatic heterocycles. The third-order valence-corrected chi connectivity index (χ3v) is 9.19. The third kappa shape index (κ3) is 9.52. The van der Waals surface area contributed by atoms with E-state index in [0.717, 1.165) is 28.2 Å². The van der Waals surface area contributed by atoms with Gasteiger partial charge in [0.15, 0.2) is 0 Å². The van der Waals surface area contributed by atoms with Crippen LogP contribution in [0.4, 0.5) is 11.4 Å². The minimum absolute atomic E-state index is 0.00190. The first kappa shape index (κ1) is 41.8. The Hall–Kier alpha value is -9.39. The maximum atomic E-state index is 11.5. The molecule has 0 unspecified atom stereocenters. The number of anilines is 2. The highest BCUT2D eigenvalue weighted by Gasteiger charge is 2.26. The maximum Gasteiger partial charge on any atom is 0.335 e. The van der Waals surface area contributed by atoms with Crippen LogP contribution in [0.2, 0.25) is 0 Å². The molecular formula is C49H30N7O4-. The molecule has 11 nitrogen and oxygen atoms in total. The minimum atomic E-state index is -1.15. The first-order valence-corrected chi connectivity index (χ1v) is 18.0. The molecule has 0 bridgehead atoms. The summed E-state index contributed by atoms with van der Waals surface area (Å²) in [5.74, 6) is -2.62. The van der Waals surface area contributed by atoms with Gasteiger partial charge in [-0.25, -0.2) is 35.5 Å². The summed E-state index contributed by atoms with van der Waals surface area (Å²) in [5, 5.41) is 68.7. The topological polar surface area (TPSA) is 201 Å². The molecule has 5 rings (SSSR count). The highest BCUT2D eigenvalue weighted by Crippen LogP contribution is 2.42. The predicted octanol–water partition coefficient (Wildman–Crippen LogP) is 10.2. The number of carboxylic acid groups (broad SMARTS) is 2. The second-order valence-electron chi connectivity index (χ2n) is 12.7. The van der Waals surface area contributed by atoms with Crippen LogP contribution in [0.3, 0.4) is 0 Å². The van der Waals surface area contributed by atoms with Crippen LogP contribution in [-0.2, 0) is 0 Å². The van der Waals surface area contributed by atoms with Gasteiger partial charge in [-0.1, -0.05) is 85.0 Å². The average molecular weight is 781 g/mol. The summed E-state index contributed by atoms with van der Waals surface area (Å²) >= 11 is 0. The second-order valence-corrected chi connectivity index (χ2v) is 12.7. The van der Waals surface area contributed by atoms with E-state index in [4.69, 9.17) is 6.57 Å². The van der Waals surface area contributed by atoms with Crippen molar-refractivity contribution < 1.29 is 19.8 Å². The van der Waals surface area contributed by atoms with Gasteiger partial charge in [-0.3, -0.25) is 0 Å². The van der Waals surface area contributed by atoms with Crippen LogP contribution in [0.15, 0.2) is 179 Å². The van der Waals surface area contributed by atoms with Gasteiger partial charge >= 0.3 is 11.9 Å². The van der Waals surface area contributed by atoms with Gasteiger partial charge in [-0.2, -0.15) is 5.26 Å². The Bertz CT molecular complexity index is 2730. The number of para-hydroxylation sites is 2. The molecule has 0 saturated heterocycles. The Morgan fingerprint density at radius 3 is 1.68 bits per heavy atom. The summed E-state index contributed by atoms with van der Waals surface area (Å²) < 4.78 is 0. The molecule has 1 aliphatic carbocycles. The lowest BCUT2D eigenvalue weighted by molar-refractivity contribution is 0.0686. The molecule has 0 radical (unpaired) electrons. The Kier molecular flexibility index (Phi) is 13.9. The number of nitriles is 5. The van der Waals surface area contributed by atoms with E-state index in [-0.39, 0.29) is 45.0 Å². The number of carboxylic acids is 2. The molecule has 1 aliphatic rings. The molecule has 11 heteroatoms. The number of aromatic carboxylic acids is 2. The van der Waals surface area contributed by atoms with Gasteiger partial charge in [0.1, 0.15) is 0 Å². The summed E-state index contributed by atoms with van der Waals surface area (Å²) in [6.45, 7) is 7.62. The Labute approximate surface area is 346 Å². The van der Waals surface area contributed by atoms with E-state index in [9.17, 15) is 46.1 Å². The molecule has 60 heavy (non-hydrogen) atoms. The van der Waals surface area contributed by atoms with Gasteiger partial charge in [0, 0.05) is 41.1 Å². The summed E-state index contributed by atoms with van der Waals surface area (Å²) in [5.41, 5.74) is 4.64. The molecule has 0 heterocycles. The van der Waals surface area contributed by atoms with E-state index in [1.165, 1.54) is 60.7 Å². The quantitative estimate of drug-likeness (QED) is 0.0747. The lowest BCUT2D eigenvalue weighted by Gasteiger charge is -2.28. The molecule has 0 atom stereocenters. The van der Waals surface area contributed by atoms with Gasteiger partial charge in [0.2, 0.25) is 0 Å². The molecule has 0 aliphatic heterocycles. The van der Waals surface area contributed by atoms with E-state index in [2.05, 4.69) is 21.9 Å². The fourth-order valence-electron chi connectivity index (χ4n) is 6.45. The van der Waals surface area contributed by atoms with Crippen molar-refractivity contribution in [2.75, 3.05) is 4.90 Å². The van der Waals surface area contributed by atoms with Crippen molar-refractivity contribution in [3.8, 4) is 30.3 Å². The zero-order valence-corrected chi connectivity index (χ0v) is 31.6. The van der Waals surface area contributed by atoms with Crippen molar-refractivity contribution in [2.45, 2.75) is 12.8 Å². The Morgan fingerprint density at radius 1 is 0.683 bits per heavy atom. The van der Waals surface area contributed by atoms with E-state index in [1.54, 1.807) is 12.2 Å². The molecule has 0 fully saturated rings. The molecule has 0 saturated carbocycles. The monoisotopic (exact) mass is 780 g/mol. The van der Waals surface area contributed by atoms with Gasteiger partial charge in [0.25, 0.3) is 5.70 Å². The molecule has 4 aromatic carbocycles. The van der Waals surface area contributed by atoms with Gasteiger partial charge in [-0.05, 0) is 77.6 Å². The van der Waals surface area contributed by atoms with Gasteiger partial charge in [0.05, 0.1) is 41.1 Å². The number of benzene rings is 4. The number of rotatable bonds is 13. The number of hydrogen-bond acceptors (Lipinski definition) is 8. The highest BCUT2D eigenvalue weighted by molar-refractivity contribution is 5.93. The maximum absolute atomic E-state index is 11.5. The SMILES string of the molecule is [C-]#[N+]/C(C#N)=C(/C(C#N)=C/C=C/C1=C(N(c2ccccc2)c2ccccc2)C(=C/C=C/C(C#N)=C(\c2ccc(C(=O)O)cc2)[C-](C#N)C#N)/CC1)c1ccc(C(=O)O)cc1. The Morgan fingerprint density at radius 2 is 1.22 bits per heavy atom. The standard InChI is InChI=1S/C49H30N7O4/c1-55-44(32-54)46(34-20-26-38(27-21-34)49(59)60)40(29-51)13-9-11-36-23-22-35(47(36)56(42-14-4-2-5-15-42)43-16-6-3-7-17-43)10-8-12-39(28-50)45(41(30-52)31-53)33-18-24-37(25-19-33)48(57)58/h2-21,24-27H,22-23H2,(H,57,58)(H,59,60)/q-1/b11-9+,12-8+,35-10+,40-13+,45-39-,46-44+. The predicted molar refractivity (Wildman–Crippen MR) is 224 cm³/mol. The third-order valence-electron chi connectivity index (χ3n) is 9.19. The van der Waals surface area contributed by atoms with Crippen LogP contribution < -0.4 is 4.90 Å². The zero-order chi connectivity index (χ0) is 43.0. The second kappa shape index (κ2) is 20.0. The van der Waals surface area contributed by atoms with Gasteiger partial charge < -0.3 is 15.1 Å². The largest absolute Gasteiger partial charge is 0.478 e. The van der Waals surface area contributed by atoms with Crippen LogP contribution in [0.1, 0.15) is 44.7 Å². The van der Waals surface area contributed by atoms with Gasteiger partial charge in [-0.15, -0.1) is 29.3 Å². The van der Waals surface area contributed by atoms with Crippen LogP contribution in [0.5, 0.6) is 0 Å². The molecular weight excluding hydrogens is 751 g/mol. The van der Waals surface area contributed by atoms with Crippen molar-refractivity contribution >= 4 is 34.5 Å². The van der Waals surface area contributed by atoms with E-state index < -0.39 is 11.9 Å². The molecule has 0 amide bonds. The first-order chi connectivity index (χ1) is 29.2. The summed E-state index contributed by atoms with van der Waals surface area (Å²) in [6.07, 6.45) is 11.1. The number of carbonyl (C=O) groups is 2. The van der Waals surface area contributed by atoms with Crippen LogP contribution >= 0.6 is 0 Å². The summed E-state index contributed by atoms with van der Waals surface area (Å²) in [7, 11) is 0. The number of nitrogens with zero attached hydrogens (tertiary/aromatic N) is 7. The number of hydrogen-bond donors (Lipinski definition) is 2. The molecule has 0 spiro atoms. The number of allylic oxidation sites excluding steroid dienone is 13. The van der Waals surface area contributed by atoms with Crippen molar-refractivity contribution in [2.24, 2.45) is 0 Å². The fraction of sp³-hybridized carbons (Fsp3) is 0.0408. The zero-order valence-electron chi connectivity index (χ0n) is 31.6. The molecule has 286 valence electrons.